The van der Waals surface area contributed by atoms with E-state index in [2.05, 4.69) is 4.98 Å². The van der Waals surface area contributed by atoms with Gasteiger partial charge in [0.15, 0.2) is 0 Å². The molecule has 0 bridgehead atoms. The van der Waals surface area contributed by atoms with Gasteiger partial charge in [0.2, 0.25) is 0 Å². The van der Waals surface area contributed by atoms with Crippen LogP contribution in [-0.4, -0.2) is 11.3 Å². The second-order valence-corrected chi connectivity index (χ2v) is 2.99. The maximum Gasteiger partial charge on any atom is 0.150 e. The molecule has 2 heteroatoms. The van der Waals surface area contributed by atoms with Gasteiger partial charge in [0.1, 0.15) is 6.29 Å². The number of hydrogen-bond acceptors (Lipinski definition) is 2. The lowest BCUT2D eigenvalue weighted by molar-refractivity contribution is 0.112. The molecule has 0 aliphatic carbocycles. The van der Waals surface area contributed by atoms with Crippen molar-refractivity contribution in [3.8, 4) is 0 Å². The summed E-state index contributed by atoms with van der Waals surface area (Å²) in [6, 6.07) is 7.56. The van der Waals surface area contributed by atoms with Gasteiger partial charge in [-0.1, -0.05) is 12.1 Å². The fourth-order valence-electron chi connectivity index (χ4n) is 1.40. The molecule has 2 nitrogen and oxygen atoms in total. The highest BCUT2D eigenvalue weighted by Crippen LogP contribution is 2.16. The number of carbonyl (C=O) groups is 1. The Kier molecular flexibility index (Phi) is 1.81. The molecule has 2 aromatic rings. The van der Waals surface area contributed by atoms with E-state index < -0.39 is 0 Å². The van der Waals surface area contributed by atoms with E-state index in [0.29, 0.717) is 5.56 Å². The zero-order valence-corrected chi connectivity index (χ0v) is 7.32. The summed E-state index contributed by atoms with van der Waals surface area (Å²) in [5, 5.41) is 2.17. The summed E-state index contributed by atoms with van der Waals surface area (Å²) in [6.07, 6.45) is 2.63. The van der Waals surface area contributed by atoms with Crippen LogP contribution in [0.1, 0.15) is 16.1 Å². The summed E-state index contributed by atoms with van der Waals surface area (Å²) >= 11 is 0. The normalized spacial score (nSPS) is 10.2. The summed E-state index contributed by atoms with van der Waals surface area (Å²) < 4.78 is 0. The molecule has 0 unspecified atom stereocenters. The van der Waals surface area contributed by atoms with E-state index >= 15 is 0 Å². The van der Waals surface area contributed by atoms with Gasteiger partial charge < -0.3 is 0 Å². The largest absolute Gasteiger partial charge is 0.298 e. The molecule has 0 fully saturated rings. The van der Waals surface area contributed by atoms with Gasteiger partial charge in [0.05, 0.1) is 0 Å². The number of rotatable bonds is 1. The average molecular weight is 171 g/mol. The first-order chi connectivity index (χ1) is 6.31. The Morgan fingerprint density at radius 2 is 2.15 bits per heavy atom. The minimum atomic E-state index is 0.698. The van der Waals surface area contributed by atoms with Gasteiger partial charge in [-0.25, -0.2) is 0 Å². The van der Waals surface area contributed by atoms with E-state index in [9.17, 15) is 4.79 Å². The van der Waals surface area contributed by atoms with E-state index in [0.717, 1.165) is 22.8 Å². The number of hydrogen-bond donors (Lipinski definition) is 0. The molecule has 0 atom stereocenters. The number of aryl methyl sites for hydroxylation is 1. The molecule has 0 radical (unpaired) electrons. The lowest BCUT2D eigenvalue weighted by atomic mass is 10.1. The molecule has 0 saturated heterocycles. The van der Waals surface area contributed by atoms with Crippen molar-refractivity contribution in [2.75, 3.05) is 0 Å². The summed E-state index contributed by atoms with van der Waals surface area (Å²) in [6.45, 7) is 1.94. The minimum absolute atomic E-state index is 0.698. The van der Waals surface area contributed by atoms with Crippen LogP contribution in [0.3, 0.4) is 0 Å². The van der Waals surface area contributed by atoms with E-state index in [-0.39, 0.29) is 0 Å². The Labute approximate surface area is 76.2 Å². The SMILES string of the molecule is Cc1nccc2ccc(C=O)cc12. The van der Waals surface area contributed by atoms with Crippen molar-refractivity contribution in [2.45, 2.75) is 6.92 Å². The molecule has 0 aliphatic rings. The third-order valence-electron chi connectivity index (χ3n) is 2.13. The second-order valence-electron chi connectivity index (χ2n) is 2.99. The van der Waals surface area contributed by atoms with Gasteiger partial charge in [0, 0.05) is 22.8 Å². The number of aldehydes is 1. The molecule has 1 heterocycles. The van der Waals surface area contributed by atoms with Gasteiger partial charge >= 0.3 is 0 Å². The fourth-order valence-corrected chi connectivity index (χ4v) is 1.40. The zero-order valence-electron chi connectivity index (χ0n) is 7.32. The van der Waals surface area contributed by atoms with E-state index in [1.807, 2.05) is 31.2 Å². The molecule has 1 aromatic heterocycles. The number of nitrogens with zero attached hydrogens (tertiary/aromatic N) is 1. The highest BCUT2D eigenvalue weighted by atomic mass is 16.1. The molecular weight excluding hydrogens is 162 g/mol. The predicted molar refractivity (Wildman–Crippen MR) is 51.9 cm³/mol. The monoisotopic (exact) mass is 171 g/mol. The maximum absolute atomic E-state index is 10.5. The van der Waals surface area contributed by atoms with Gasteiger partial charge in [0.25, 0.3) is 0 Å². The van der Waals surface area contributed by atoms with Crippen LogP contribution >= 0.6 is 0 Å². The van der Waals surface area contributed by atoms with E-state index in [1.165, 1.54) is 0 Å². The lowest BCUT2D eigenvalue weighted by Gasteiger charge is -2.00. The van der Waals surface area contributed by atoms with Crippen molar-refractivity contribution in [1.82, 2.24) is 4.98 Å². The quantitative estimate of drug-likeness (QED) is 0.616. The van der Waals surface area contributed by atoms with E-state index in [1.54, 1.807) is 6.20 Å². The third kappa shape index (κ3) is 1.31. The molecule has 0 spiro atoms. The summed E-state index contributed by atoms with van der Waals surface area (Å²) in [4.78, 5) is 14.7. The van der Waals surface area contributed by atoms with Gasteiger partial charge in [-0.2, -0.15) is 0 Å². The number of carbonyl (C=O) groups excluding carboxylic acids is 1. The Morgan fingerprint density at radius 3 is 2.92 bits per heavy atom. The van der Waals surface area contributed by atoms with Crippen LogP contribution in [0, 0.1) is 6.92 Å². The fraction of sp³-hybridized carbons (Fsp3) is 0.0909. The predicted octanol–water partition coefficient (Wildman–Crippen LogP) is 2.36. The van der Waals surface area contributed by atoms with Crippen molar-refractivity contribution in [2.24, 2.45) is 0 Å². The number of aromatic nitrogens is 1. The van der Waals surface area contributed by atoms with Crippen molar-refractivity contribution in [3.63, 3.8) is 0 Å². The molecular formula is C11H9NO. The first kappa shape index (κ1) is 7.92. The molecule has 0 amide bonds. The van der Waals surface area contributed by atoms with Crippen molar-refractivity contribution < 1.29 is 4.79 Å². The first-order valence-corrected chi connectivity index (χ1v) is 4.12. The summed E-state index contributed by atoms with van der Waals surface area (Å²) in [5.41, 5.74) is 1.66. The number of fused-ring (bicyclic) bond motifs is 1. The standard InChI is InChI=1S/C11H9NO/c1-8-11-6-9(7-13)2-3-10(11)4-5-12-8/h2-7H,1H3. The van der Waals surface area contributed by atoms with Crippen LogP contribution in [0.15, 0.2) is 30.5 Å². The van der Waals surface area contributed by atoms with Crippen LogP contribution in [0.5, 0.6) is 0 Å². The lowest BCUT2D eigenvalue weighted by Crippen LogP contribution is -1.85. The van der Waals surface area contributed by atoms with Gasteiger partial charge in [-0.3, -0.25) is 9.78 Å². The van der Waals surface area contributed by atoms with Crippen molar-refractivity contribution in [3.05, 3.63) is 41.7 Å². The molecule has 0 aliphatic heterocycles. The molecule has 13 heavy (non-hydrogen) atoms. The smallest absolute Gasteiger partial charge is 0.150 e. The number of benzene rings is 1. The topological polar surface area (TPSA) is 30.0 Å². The third-order valence-corrected chi connectivity index (χ3v) is 2.13. The molecule has 64 valence electrons. The van der Waals surface area contributed by atoms with Crippen LogP contribution < -0.4 is 0 Å². The van der Waals surface area contributed by atoms with Crippen molar-refractivity contribution >= 4 is 17.1 Å². The van der Waals surface area contributed by atoms with E-state index in [4.69, 9.17) is 0 Å². The van der Waals surface area contributed by atoms with Gasteiger partial charge in [-0.05, 0) is 24.4 Å². The summed E-state index contributed by atoms with van der Waals surface area (Å²) in [7, 11) is 0. The van der Waals surface area contributed by atoms with Crippen LogP contribution in [0.2, 0.25) is 0 Å². The highest BCUT2D eigenvalue weighted by molar-refractivity contribution is 5.90. The molecule has 2 rings (SSSR count). The average Bonchev–Trinajstić information content (AvgIpc) is 2.18. The Hall–Kier alpha value is -1.70. The maximum atomic E-state index is 10.5. The molecule has 0 N–H and O–H groups in total. The van der Waals surface area contributed by atoms with Crippen LogP contribution in [0.4, 0.5) is 0 Å². The Balaban J connectivity index is 2.81. The molecule has 1 aromatic carbocycles. The van der Waals surface area contributed by atoms with Crippen LogP contribution in [0.25, 0.3) is 10.8 Å². The molecule has 0 saturated carbocycles. The highest BCUT2D eigenvalue weighted by Gasteiger charge is 1.98. The summed E-state index contributed by atoms with van der Waals surface area (Å²) in [5.74, 6) is 0. The minimum Gasteiger partial charge on any atom is -0.298 e. The van der Waals surface area contributed by atoms with Crippen molar-refractivity contribution in [1.29, 1.82) is 0 Å². The van der Waals surface area contributed by atoms with Crippen LogP contribution in [-0.2, 0) is 0 Å². The Morgan fingerprint density at radius 1 is 1.31 bits per heavy atom. The number of pyridine rings is 1. The Bertz CT molecular complexity index is 463. The van der Waals surface area contributed by atoms with Gasteiger partial charge in [-0.15, -0.1) is 0 Å². The first-order valence-electron chi connectivity index (χ1n) is 4.12. The zero-order chi connectivity index (χ0) is 9.26. The second kappa shape index (κ2) is 2.98.